The molecule has 0 unspecified atom stereocenters. The maximum absolute atomic E-state index is 11.3. The molecule has 1 aromatic rings. The number of hydrogen-bond acceptors (Lipinski definition) is 2. The third-order valence-electron chi connectivity index (χ3n) is 2.32. The summed E-state index contributed by atoms with van der Waals surface area (Å²) >= 11 is 1.22. The zero-order chi connectivity index (χ0) is 12.3. The fourth-order valence-electron chi connectivity index (χ4n) is 1.53. The van der Waals surface area contributed by atoms with Gasteiger partial charge in [0.05, 0.1) is 21.1 Å². The van der Waals surface area contributed by atoms with Gasteiger partial charge in [0.1, 0.15) is 5.69 Å². The number of thioether (sulfide) groups is 1. The van der Waals surface area contributed by atoms with Crippen molar-refractivity contribution in [2.45, 2.75) is 11.8 Å². The highest BCUT2D eigenvalue weighted by Gasteiger charge is 2.16. The minimum absolute atomic E-state index is 0.0313. The van der Waals surface area contributed by atoms with Crippen LogP contribution in [0, 0.1) is 6.92 Å². The van der Waals surface area contributed by atoms with Gasteiger partial charge in [-0.25, -0.2) is 0 Å². The van der Waals surface area contributed by atoms with E-state index in [1.54, 1.807) is 7.05 Å². The Morgan fingerprint density at radius 1 is 1.31 bits per heavy atom. The number of nitrogens with one attached hydrogen (secondary N) is 1. The zero-order valence-electron chi connectivity index (χ0n) is 10.5. The Labute approximate surface area is 101 Å². The summed E-state index contributed by atoms with van der Waals surface area (Å²) < 4.78 is 0.758. The van der Waals surface area contributed by atoms with Crippen LogP contribution in [-0.2, 0) is 0 Å². The van der Waals surface area contributed by atoms with Gasteiger partial charge in [0.15, 0.2) is 0 Å². The standard InChI is InChI=1S/C12H18N2OS/c1-9-6-7-10(16-12(15)13-2)8-11(9)14(3,4)5/h6-8H,1-5H3/p+1. The van der Waals surface area contributed by atoms with Crippen LogP contribution < -0.4 is 9.80 Å². The molecule has 0 aromatic heterocycles. The van der Waals surface area contributed by atoms with Crippen LogP contribution in [0.1, 0.15) is 5.56 Å². The highest BCUT2D eigenvalue weighted by molar-refractivity contribution is 8.13. The van der Waals surface area contributed by atoms with Crippen molar-refractivity contribution in [2.24, 2.45) is 0 Å². The number of nitrogens with zero attached hydrogens (tertiary/aromatic N) is 1. The minimum atomic E-state index is -0.0313. The van der Waals surface area contributed by atoms with Crippen molar-refractivity contribution in [3.63, 3.8) is 0 Å². The number of aryl methyl sites for hydroxylation is 1. The summed E-state index contributed by atoms with van der Waals surface area (Å²) in [6, 6.07) is 6.12. The first-order valence-electron chi connectivity index (χ1n) is 5.17. The Morgan fingerprint density at radius 2 is 1.94 bits per heavy atom. The fourth-order valence-corrected chi connectivity index (χ4v) is 2.16. The average Bonchev–Trinajstić information content (AvgIpc) is 2.19. The third kappa shape index (κ3) is 3.25. The van der Waals surface area contributed by atoms with Gasteiger partial charge in [-0.2, -0.15) is 0 Å². The molecule has 0 heterocycles. The summed E-state index contributed by atoms with van der Waals surface area (Å²) in [6.45, 7) is 2.09. The molecule has 1 rings (SSSR count). The van der Waals surface area contributed by atoms with Crippen molar-refractivity contribution in [2.75, 3.05) is 28.2 Å². The molecule has 4 heteroatoms. The Kier molecular flexibility index (Phi) is 3.99. The molecular weight excluding hydrogens is 220 g/mol. The molecule has 0 radical (unpaired) electrons. The first-order chi connectivity index (χ1) is 7.34. The van der Waals surface area contributed by atoms with Gasteiger partial charge in [0.25, 0.3) is 5.24 Å². The second kappa shape index (κ2) is 4.89. The van der Waals surface area contributed by atoms with Gasteiger partial charge >= 0.3 is 0 Å². The van der Waals surface area contributed by atoms with E-state index < -0.39 is 0 Å². The maximum Gasteiger partial charge on any atom is 0.283 e. The average molecular weight is 239 g/mol. The van der Waals surface area contributed by atoms with E-state index in [0.717, 1.165) is 9.38 Å². The third-order valence-corrected chi connectivity index (χ3v) is 3.20. The number of benzene rings is 1. The summed E-state index contributed by atoms with van der Waals surface area (Å²) in [5.41, 5.74) is 2.47. The molecule has 0 aliphatic carbocycles. The number of carbonyl (C=O) groups excluding carboxylic acids is 1. The van der Waals surface area contributed by atoms with Crippen molar-refractivity contribution < 1.29 is 4.79 Å². The smallest absolute Gasteiger partial charge is 0.283 e. The Morgan fingerprint density at radius 3 is 2.44 bits per heavy atom. The van der Waals surface area contributed by atoms with Crippen LogP contribution in [0.5, 0.6) is 0 Å². The maximum atomic E-state index is 11.3. The molecule has 88 valence electrons. The van der Waals surface area contributed by atoms with Crippen LogP contribution in [0.3, 0.4) is 0 Å². The van der Waals surface area contributed by atoms with E-state index in [4.69, 9.17) is 0 Å². The van der Waals surface area contributed by atoms with Crippen molar-refractivity contribution >= 4 is 22.7 Å². The summed E-state index contributed by atoms with van der Waals surface area (Å²) in [5.74, 6) is 0. The fraction of sp³-hybridized carbons (Fsp3) is 0.417. The highest BCUT2D eigenvalue weighted by atomic mass is 32.2. The molecule has 0 fully saturated rings. The predicted molar refractivity (Wildman–Crippen MR) is 71.1 cm³/mol. The van der Waals surface area contributed by atoms with Gasteiger partial charge in [-0.05, 0) is 24.8 Å². The largest absolute Gasteiger partial charge is 0.350 e. The lowest BCUT2D eigenvalue weighted by Gasteiger charge is -2.25. The molecule has 1 amide bonds. The summed E-state index contributed by atoms with van der Waals surface area (Å²) in [5, 5.41) is 2.57. The molecule has 0 aliphatic heterocycles. The summed E-state index contributed by atoms with van der Waals surface area (Å²) in [4.78, 5) is 12.3. The molecule has 0 spiro atoms. The first kappa shape index (κ1) is 13.1. The van der Waals surface area contributed by atoms with Crippen molar-refractivity contribution in [1.29, 1.82) is 0 Å². The lowest BCUT2D eigenvalue weighted by atomic mass is 10.2. The van der Waals surface area contributed by atoms with Crippen LogP contribution in [0.2, 0.25) is 0 Å². The molecule has 1 aromatic carbocycles. The Hall–Kier alpha value is -1.00. The highest BCUT2D eigenvalue weighted by Crippen LogP contribution is 2.28. The zero-order valence-corrected chi connectivity index (χ0v) is 11.3. The quantitative estimate of drug-likeness (QED) is 0.635. The van der Waals surface area contributed by atoms with Crippen LogP contribution in [0.4, 0.5) is 10.5 Å². The second-order valence-corrected chi connectivity index (χ2v) is 5.65. The van der Waals surface area contributed by atoms with Gasteiger partial charge in [-0.3, -0.25) is 9.28 Å². The van der Waals surface area contributed by atoms with E-state index in [9.17, 15) is 4.79 Å². The SMILES string of the molecule is CNC(=O)Sc1ccc(C)c([N+](C)(C)C)c1. The molecule has 0 atom stereocenters. The molecular formula is C12H19N2OS+. The molecule has 1 N–H and O–H groups in total. The van der Waals surface area contributed by atoms with Crippen LogP contribution in [-0.4, -0.2) is 33.4 Å². The number of carbonyl (C=O) groups is 1. The van der Waals surface area contributed by atoms with E-state index in [1.807, 2.05) is 6.07 Å². The minimum Gasteiger partial charge on any atom is -0.350 e. The van der Waals surface area contributed by atoms with Gasteiger partial charge in [0.2, 0.25) is 0 Å². The van der Waals surface area contributed by atoms with E-state index in [1.165, 1.54) is 23.0 Å². The molecule has 3 nitrogen and oxygen atoms in total. The van der Waals surface area contributed by atoms with E-state index >= 15 is 0 Å². The summed E-state index contributed by atoms with van der Waals surface area (Å²) in [6.07, 6.45) is 0. The van der Waals surface area contributed by atoms with Crippen LogP contribution >= 0.6 is 11.8 Å². The summed E-state index contributed by atoms with van der Waals surface area (Å²) in [7, 11) is 8.01. The van der Waals surface area contributed by atoms with Crippen LogP contribution in [0.25, 0.3) is 0 Å². The second-order valence-electron chi connectivity index (χ2n) is 4.60. The topological polar surface area (TPSA) is 29.1 Å². The van der Waals surface area contributed by atoms with E-state index in [2.05, 4.69) is 45.5 Å². The lowest BCUT2D eigenvalue weighted by molar-refractivity contribution is 0.262. The van der Waals surface area contributed by atoms with Gasteiger partial charge < -0.3 is 5.32 Å². The molecule has 0 saturated carbocycles. The van der Waals surface area contributed by atoms with Crippen molar-refractivity contribution in [3.8, 4) is 0 Å². The van der Waals surface area contributed by atoms with E-state index in [-0.39, 0.29) is 5.24 Å². The van der Waals surface area contributed by atoms with Crippen molar-refractivity contribution in [1.82, 2.24) is 9.80 Å². The number of hydrogen-bond donors (Lipinski definition) is 1. The number of quaternary nitrogens is 1. The molecule has 0 saturated heterocycles. The molecule has 16 heavy (non-hydrogen) atoms. The van der Waals surface area contributed by atoms with Gasteiger partial charge in [-0.15, -0.1) is 0 Å². The Bertz CT molecular complexity index is 396. The number of rotatable bonds is 2. The van der Waals surface area contributed by atoms with Gasteiger partial charge in [-0.1, -0.05) is 6.07 Å². The number of amides is 1. The van der Waals surface area contributed by atoms with Gasteiger partial charge in [0, 0.05) is 23.6 Å². The monoisotopic (exact) mass is 239 g/mol. The van der Waals surface area contributed by atoms with Crippen LogP contribution in [0.15, 0.2) is 23.1 Å². The first-order valence-corrected chi connectivity index (χ1v) is 5.98. The Balaban J connectivity index is 3.03. The predicted octanol–water partition coefficient (Wildman–Crippen LogP) is 2.62. The van der Waals surface area contributed by atoms with Crippen molar-refractivity contribution in [3.05, 3.63) is 23.8 Å². The normalized spacial score (nSPS) is 11.3. The molecule has 0 bridgehead atoms. The van der Waals surface area contributed by atoms with E-state index in [0.29, 0.717) is 0 Å². The molecule has 0 aliphatic rings. The lowest BCUT2D eigenvalue weighted by Crippen LogP contribution is -2.35.